The van der Waals surface area contributed by atoms with Gasteiger partial charge < -0.3 is 10.4 Å². The van der Waals surface area contributed by atoms with Gasteiger partial charge in [0.05, 0.1) is 15.2 Å². The normalized spacial score (nSPS) is 28.1. The maximum Gasteiger partial charge on any atom is 0.326 e. The fourth-order valence-corrected chi connectivity index (χ4v) is 6.29. The molecule has 2 aromatic rings. The Morgan fingerprint density at radius 2 is 2.07 bits per heavy atom. The van der Waals surface area contributed by atoms with Crippen molar-refractivity contribution >= 4 is 40.7 Å². The molecule has 0 spiro atoms. The molecule has 0 saturated heterocycles. The van der Waals surface area contributed by atoms with E-state index in [1.807, 2.05) is 19.1 Å². The number of nitro groups is 1. The van der Waals surface area contributed by atoms with Crippen LogP contribution in [0.3, 0.4) is 0 Å². The minimum absolute atomic E-state index is 0.0513. The van der Waals surface area contributed by atoms with Crippen molar-refractivity contribution in [1.29, 1.82) is 0 Å². The maximum absolute atomic E-state index is 11.9. The van der Waals surface area contributed by atoms with E-state index in [-0.39, 0.29) is 28.2 Å². The second-order valence-electron chi connectivity index (χ2n) is 7.30. The second kappa shape index (κ2) is 7.29. The Bertz CT molecular complexity index is 954. The van der Waals surface area contributed by atoms with Crippen molar-refractivity contribution in [3.05, 3.63) is 63.7 Å². The lowest BCUT2D eigenvalue weighted by atomic mass is 9.79. The molecular weight excluding hydrogens is 400 g/mol. The minimum atomic E-state index is -0.901. The van der Waals surface area contributed by atoms with Crippen molar-refractivity contribution in [2.75, 3.05) is 5.32 Å². The topological polar surface area (TPSA) is 92.5 Å². The summed E-state index contributed by atoms with van der Waals surface area (Å²) in [6.07, 6.45) is 0.576. The number of aliphatic carboxylic acids is 1. The molecule has 0 amide bonds. The number of halogens is 1. The summed E-state index contributed by atoms with van der Waals surface area (Å²) in [6.45, 7) is 2.00. The van der Waals surface area contributed by atoms with Gasteiger partial charge in [0.25, 0.3) is 5.69 Å². The van der Waals surface area contributed by atoms with Crippen LogP contribution in [0.15, 0.2) is 47.4 Å². The summed E-state index contributed by atoms with van der Waals surface area (Å²) in [7, 11) is 0. The van der Waals surface area contributed by atoms with Crippen LogP contribution < -0.4 is 5.32 Å². The number of benzene rings is 2. The Labute approximate surface area is 171 Å². The van der Waals surface area contributed by atoms with Crippen molar-refractivity contribution in [2.24, 2.45) is 5.92 Å². The average Bonchev–Trinajstić information content (AvgIpc) is 2.98. The van der Waals surface area contributed by atoms with Crippen molar-refractivity contribution in [1.82, 2.24) is 0 Å². The number of rotatable bonds is 4. The van der Waals surface area contributed by atoms with E-state index in [1.54, 1.807) is 18.2 Å². The summed E-state index contributed by atoms with van der Waals surface area (Å²) >= 11 is 8.25. The standard InChI is InChI=1S/C20H19ClN2O4S/c1-10-6-7-13-11(8-10)17-12(19(22-13)20(24)25)9-16(18(17)21)28-15-5-3-2-4-14(15)23(26)27/h2-8,12,16-19,22H,9H2,1H3,(H,24,25)/t12-,16-,17+,18-,19-/m1/s1. The lowest BCUT2D eigenvalue weighted by Crippen LogP contribution is -2.42. The third-order valence-corrected chi connectivity index (χ3v) is 7.69. The summed E-state index contributed by atoms with van der Waals surface area (Å²) < 4.78 is 0. The van der Waals surface area contributed by atoms with Crippen molar-refractivity contribution in [2.45, 2.75) is 40.8 Å². The van der Waals surface area contributed by atoms with Gasteiger partial charge in [-0.25, -0.2) is 4.79 Å². The predicted octanol–water partition coefficient (Wildman–Crippen LogP) is 4.65. The first-order valence-electron chi connectivity index (χ1n) is 9.01. The number of aryl methyl sites for hydroxylation is 1. The van der Waals surface area contributed by atoms with E-state index < -0.39 is 16.9 Å². The number of nitrogens with one attached hydrogen (secondary N) is 1. The monoisotopic (exact) mass is 418 g/mol. The van der Waals surface area contributed by atoms with Gasteiger partial charge in [-0.3, -0.25) is 10.1 Å². The number of para-hydroxylation sites is 1. The number of carbonyl (C=O) groups is 1. The van der Waals surface area contributed by atoms with E-state index in [0.29, 0.717) is 11.3 Å². The molecule has 2 aliphatic rings. The molecule has 8 heteroatoms. The van der Waals surface area contributed by atoms with Crippen LogP contribution in [-0.2, 0) is 4.79 Å². The fraction of sp³-hybridized carbons (Fsp3) is 0.350. The smallest absolute Gasteiger partial charge is 0.326 e. The van der Waals surface area contributed by atoms with Crippen molar-refractivity contribution in [3.8, 4) is 0 Å². The third kappa shape index (κ3) is 3.22. The van der Waals surface area contributed by atoms with Gasteiger partial charge in [-0.1, -0.05) is 29.8 Å². The highest BCUT2D eigenvalue weighted by atomic mass is 35.5. The number of carboxylic acids is 1. The minimum Gasteiger partial charge on any atom is -0.480 e. The Morgan fingerprint density at radius 1 is 1.32 bits per heavy atom. The van der Waals surface area contributed by atoms with Crippen LogP contribution in [0.25, 0.3) is 0 Å². The molecule has 1 aliphatic carbocycles. The van der Waals surface area contributed by atoms with Crippen LogP contribution in [0.1, 0.15) is 23.5 Å². The van der Waals surface area contributed by atoms with Gasteiger partial charge in [-0.05, 0) is 37.0 Å². The predicted molar refractivity (Wildman–Crippen MR) is 109 cm³/mol. The molecule has 0 unspecified atom stereocenters. The highest BCUT2D eigenvalue weighted by Crippen LogP contribution is 2.55. The van der Waals surface area contributed by atoms with Crippen LogP contribution in [0, 0.1) is 23.0 Å². The molecule has 2 aromatic carbocycles. The Hall–Kier alpha value is -2.25. The molecule has 1 aliphatic heterocycles. The number of hydrogen-bond donors (Lipinski definition) is 2. The van der Waals surface area contributed by atoms with E-state index in [0.717, 1.165) is 16.8 Å². The highest BCUT2D eigenvalue weighted by molar-refractivity contribution is 8.00. The zero-order valence-corrected chi connectivity index (χ0v) is 16.6. The first kappa shape index (κ1) is 19.1. The van der Waals surface area contributed by atoms with Gasteiger partial charge >= 0.3 is 5.97 Å². The van der Waals surface area contributed by atoms with E-state index in [2.05, 4.69) is 11.4 Å². The Balaban J connectivity index is 1.70. The number of nitro benzene ring substituents is 1. The quantitative estimate of drug-likeness (QED) is 0.426. The molecule has 5 atom stereocenters. The van der Waals surface area contributed by atoms with Gasteiger partial charge in [0.2, 0.25) is 0 Å². The molecule has 146 valence electrons. The van der Waals surface area contributed by atoms with Crippen molar-refractivity contribution < 1.29 is 14.8 Å². The molecule has 1 saturated carbocycles. The molecule has 1 fully saturated rings. The summed E-state index contributed by atoms with van der Waals surface area (Å²) in [5.41, 5.74) is 2.98. The van der Waals surface area contributed by atoms with Gasteiger partial charge in [-0.2, -0.15) is 0 Å². The summed E-state index contributed by atoms with van der Waals surface area (Å²) in [6, 6.07) is 11.8. The lowest BCUT2D eigenvalue weighted by molar-refractivity contribution is -0.387. The molecule has 0 radical (unpaired) electrons. The number of thioether (sulfide) groups is 1. The molecular formula is C20H19ClN2O4S. The fourth-order valence-electron chi connectivity index (χ4n) is 4.35. The number of carboxylic acid groups (broad SMARTS) is 1. The highest BCUT2D eigenvalue weighted by Gasteiger charge is 2.52. The first-order chi connectivity index (χ1) is 13.4. The summed E-state index contributed by atoms with van der Waals surface area (Å²) in [5.74, 6) is -1.19. The second-order valence-corrected chi connectivity index (χ2v) is 9.09. The number of hydrogen-bond acceptors (Lipinski definition) is 5. The number of fused-ring (bicyclic) bond motifs is 3. The Kier molecular flexibility index (Phi) is 4.97. The SMILES string of the molecule is Cc1ccc2c(c1)[C@@H]1[C@H](Cl)[C@H](Sc3ccccc3[N+](=O)[O-])C[C@H]1[C@H](C(=O)O)N2. The van der Waals surface area contributed by atoms with Crippen LogP contribution >= 0.6 is 23.4 Å². The van der Waals surface area contributed by atoms with E-state index >= 15 is 0 Å². The zero-order chi connectivity index (χ0) is 20.0. The molecule has 0 aromatic heterocycles. The van der Waals surface area contributed by atoms with Crippen LogP contribution in [0.4, 0.5) is 11.4 Å². The first-order valence-corrected chi connectivity index (χ1v) is 10.3. The molecule has 2 N–H and O–H groups in total. The van der Waals surface area contributed by atoms with Crippen LogP contribution in [-0.4, -0.2) is 32.7 Å². The van der Waals surface area contributed by atoms with Gasteiger partial charge in [0, 0.05) is 22.9 Å². The molecule has 28 heavy (non-hydrogen) atoms. The largest absolute Gasteiger partial charge is 0.480 e. The van der Waals surface area contributed by atoms with Gasteiger partial charge in [0.15, 0.2) is 0 Å². The summed E-state index contributed by atoms with van der Waals surface area (Å²) in [4.78, 5) is 23.4. The third-order valence-electron chi connectivity index (χ3n) is 5.58. The zero-order valence-electron chi connectivity index (χ0n) is 15.0. The Morgan fingerprint density at radius 3 is 2.79 bits per heavy atom. The lowest BCUT2D eigenvalue weighted by Gasteiger charge is -2.36. The van der Waals surface area contributed by atoms with E-state index in [4.69, 9.17) is 11.6 Å². The molecule has 4 rings (SSSR count). The number of nitrogens with zero attached hydrogens (tertiary/aromatic N) is 1. The maximum atomic E-state index is 11.9. The van der Waals surface area contributed by atoms with Crippen LogP contribution in [0.2, 0.25) is 0 Å². The van der Waals surface area contributed by atoms with E-state index in [9.17, 15) is 20.0 Å². The number of anilines is 1. The average molecular weight is 419 g/mol. The van der Waals surface area contributed by atoms with E-state index in [1.165, 1.54) is 17.8 Å². The van der Waals surface area contributed by atoms with Crippen molar-refractivity contribution in [3.63, 3.8) is 0 Å². The molecule has 6 nitrogen and oxygen atoms in total. The molecule has 0 bridgehead atoms. The number of alkyl halides is 1. The summed E-state index contributed by atoms with van der Waals surface area (Å²) in [5, 5.41) is 23.8. The van der Waals surface area contributed by atoms with Gasteiger partial charge in [-0.15, -0.1) is 23.4 Å². The van der Waals surface area contributed by atoms with Gasteiger partial charge in [0.1, 0.15) is 6.04 Å². The van der Waals surface area contributed by atoms with Crippen LogP contribution in [0.5, 0.6) is 0 Å². The molecule has 1 heterocycles.